The first-order valence-corrected chi connectivity index (χ1v) is 7.31. The number of hydrogen-bond donors (Lipinski definition) is 2. The van der Waals surface area contributed by atoms with Crippen LogP contribution in [0.2, 0.25) is 0 Å². The summed E-state index contributed by atoms with van der Waals surface area (Å²) in [6.45, 7) is 7.92. The molecule has 0 radical (unpaired) electrons. The highest BCUT2D eigenvalue weighted by atomic mass is 16.4. The number of urea groups is 1. The molecule has 0 aromatic rings. The number of likely N-dealkylation sites (N-methyl/N-ethyl adjacent to an activating group) is 1. The van der Waals surface area contributed by atoms with E-state index in [0.717, 1.165) is 19.5 Å². The number of amides is 2. The predicted molar refractivity (Wildman–Crippen MR) is 77.8 cm³/mol. The Morgan fingerprint density at radius 1 is 1.40 bits per heavy atom. The Morgan fingerprint density at radius 2 is 2.05 bits per heavy atom. The normalized spacial score (nSPS) is 23.8. The zero-order valence-electron chi connectivity index (χ0n) is 13.0. The molecule has 2 unspecified atom stereocenters. The third-order valence-corrected chi connectivity index (χ3v) is 3.91. The quantitative estimate of drug-likeness (QED) is 0.818. The van der Waals surface area contributed by atoms with Crippen LogP contribution in [0.4, 0.5) is 4.79 Å². The van der Waals surface area contributed by atoms with Crippen LogP contribution in [0.3, 0.4) is 0 Å². The summed E-state index contributed by atoms with van der Waals surface area (Å²) in [5.41, 5.74) is -1.19. The van der Waals surface area contributed by atoms with Gasteiger partial charge in [0.05, 0.1) is 0 Å². The van der Waals surface area contributed by atoms with Crippen molar-refractivity contribution in [3.63, 3.8) is 0 Å². The van der Waals surface area contributed by atoms with Gasteiger partial charge in [0.25, 0.3) is 0 Å². The van der Waals surface area contributed by atoms with Crippen LogP contribution < -0.4 is 5.32 Å². The molecule has 0 bridgehead atoms. The van der Waals surface area contributed by atoms with Crippen LogP contribution >= 0.6 is 0 Å². The zero-order valence-corrected chi connectivity index (χ0v) is 13.0. The van der Waals surface area contributed by atoms with Gasteiger partial charge in [-0.3, -0.25) is 0 Å². The molecule has 2 N–H and O–H groups in total. The SMILES string of the molecule is CCCC(C)(NC(=O)N1CCCN(C)CC1C)C(=O)O. The lowest BCUT2D eigenvalue weighted by Gasteiger charge is -2.33. The molecule has 1 saturated heterocycles. The number of carboxylic acids is 1. The van der Waals surface area contributed by atoms with Gasteiger partial charge in [0.2, 0.25) is 0 Å². The fraction of sp³-hybridized carbons (Fsp3) is 0.857. The summed E-state index contributed by atoms with van der Waals surface area (Å²) < 4.78 is 0. The summed E-state index contributed by atoms with van der Waals surface area (Å²) >= 11 is 0. The van der Waals surface area contributed by atoms with Gasteiger partial charge in [-0.25, -0.2) is 9.59 Å². The summed E-state index contributed by atoms with van der Waals surface area (Å²) in [6.07, 6.45) is 2.05. The van der Waals surface area contributed by atoms with Gasteiger partial charge >= 0.3 is 12.0 Å². The van der Waals surface area contributed by atoms with Gasteiger partial charge in [-0.15, -0.1) is 0 Å². The van der Waals surface area contributed by atoms with Crippen molar-refractivity contribution in [2.45, 2.75) is 51.6 Å². The van der Waals surface area contributed by atoms with Gasteiger partial charge < -0.3 is 20.2 Å². The van der Waals surface area contributed by atoms with Gasteiger partial charge in [-0.2, -0.15) is 0 Å². The van der Waals surface area contributed by atoms with Crippen LogP contribution in [0.1, 0.15) is 40.0 Å². The molecule has 1 aliphatic heterocycles. The van der Waals surface area contributed by atoms with Crippen molar-refractivity contribution in [3.05, 3.63) is 0 Å². The minimum atomic E-state index is -1.19. The van der Waals surface area contributed by atoms with Crippen molar-refractivity contribution in [3.8, 4) is 0 Å². The predicted octanol–water partition coefficient (Wildman–Crippen LogP) is 1.37. The maximum atomic E-state index is 12.4. The third-order valence-electron chi connectivity index (χ3n) is 3.91. The monoisotopic (exact) mass is 285 g/mol. The number of carboxylic acid groups (broad SMARTS) is 1. The molecule has 116 valence electrons. The molecule has 2 amide bonds. The van der Waals surface area contributed by atoms with E-state index in [-0.39, 0.29) is 12.1 Å². The molecule has 6 heteroatoms. The first kappa shape index (κ1) is 16.8. The maximum absolute atomic E-state index is 12.4. The van der Waals surface area contributed by atoms with E-state index in [2.05, 4.69) is 10.2 Å². The number of nitrogens with zero attached hydrogens (tertiary/aromatic N) is 2. The molecular weight excluding hydrogens is 258 g/mol. The molecule has 2 atom stereocenters. The lowest BCUT2D eigenvalue weighted by molar-refractivity contribution is -0.144. The third kappa shape index (κ3) is 4.10. The zero-order chi connectivity index (χ0) is 15.3. The average Bonchev–Trinajstić information content (AvgIpc) is 2.49. The van der Waals surface area contributed by atoms with E-state index in [0.29, 0.717) is 19.4 Å². The highest BCUT2D eigenvalue weighted by molar-refractivity contribution is 5.86. The highest BCUT2D eigenvalue weighted by Gasteiger charge is 2.36. The fourth-order valence-electron chi connectivity index (χ4n) is 2.70. The molecule has 1 fully saturated rings. The van der Waals surface area contributed by atoms with Gasteiger partial charge in [-0.1, -0.05) is 13.3 Å². The van der Waals surface area contributed by atoms with Crippen molar-refractivity contribution in [2.75, 3.05) is 26.7 Å². The van der Waals surface area contributed by atoms with Crippen LogP contribution in [0.25, 0.3) is 0 Å². The van der Waals surface area contributed by atoms with Crippen molar-refractivity contribution in [2.24, 2.45) is 0 Å². The number of carbonyl (C=O) groups excluding carboxylic acids is 1. The van der Waals surface area contributed by atoms with E-state index in [4.69, 9.17) is 0 Å². The van der Waals surface area contributed by atoms with Gasteiger partial charge in [-0.05, 0) is 40.3 Å². The number of rotatable bonds is 4. The lowest BCUT2D eigenvalue weighted by atomic mass is 9.96. The van der Waals surface area contributed by atoms with E-state index in [1.54, 1.807) is 11.8 Å². The van der Waals surface area contributed by atoms with Crippen LogP contribution in [-0.2, 0) is 4.79 Å². The van der Waals surface area contributed by atoms with Crippen LogP contribution in [0, 0.1) is 0 Å². The van der Waals surface area contributed by atoms with Crippen molar-refractivity contribution in [1.82, 2.24) is 15.1 Å². The molecule has 1 rings (SSSR count). The Labute approximate surface area is 121 Å². The first-order chi connectivity index (χ1) is 9.30. The molecule has 0 aliphatic carbocycles. The van der Waals surface area contributed by atoms with E-state index in [1.807, 2.05) is 20.9 Å². The topological polar surface area (TPSA) is 72.9 Å². The Kier molecular flexibility index (Phi) is 5.80. The minimum absolute atomic E-state index is 0.0853. The lowest BCUT2D eigenvalue weighted by Crippen LogP contribution is -2.58. The van der Waals surface area contributed by atoms with E-state index in [9.17, 15) is 14.7 Å². The molecule has 0 aromatic heterocycles. The summed E-state index contributed by atoms with van der Waals surface area (Å²) in [4.78, 5) is 27.7. The summed E-state index contributed by atoms with van der Waals surface area (Å²) in [5, 5.41) is 12.0. The molecule has 1 heterocycles. The van der Waals surface area contributed by atoms with E-state index < -0.39 is 11.5 Å². The second kappa shape index (κ2) is 6.92. The Morgan fingerprint density at radius 3 is 2.60 bits per heavy atom. The summed E-state index contributed by atoms with van der Waals surface area (Å²) in [7, 11) is 2.04. The first-order valence-electron chi connectivity index (χ1n) is 7.31. The second-order valence-corrected chi connectivity index (χ2v) is 5.98. The second-order valence-electron chi connectivity index (χ2n) is 5.98. The number of aliphatic carboxylic acids is 1. The van der Waals surface area contributed by atoms with Crippen LogP contribution in [0.15, 0.2) is 0 Å². The van der Waals surface area contributed by atoms with Gasteiger partial charge in [0, 0.05) is 19.1 Å². The Bertz CT molecular complexity index is 362. The average molecular weight is 285 g/mol. The van der Waals surface area contributed by atoms with Crippen LogP contribution in [0.5, 0.6) is 0 Å². The molecule has 1 aliphatic rings. The number of carbonyl (C=O) groups is 2. The Balaban J connectivity index is 2.75. The van der Waals surface area contributed by atoms with Crippen LogP contribution in [-0.4, -0.2) is 65.2 Å². The Hall–Kier alpha value is -1.30. The van der Waals surface area contributed by atoms with Crippen molar-refractivity contribution in [1.29, 1.82) is 0 Å². The molecular formula is C14H27N3O3. The summed E-state index contributed by atoms with van der Waals surface area (Å²) in [5.74, 6) is -0.979. The van der Waals surface area contributed by atoms with Crippen molar-refractivity contribution < 1.29 is 14.7 Å². The van der Waals surface area contributed by atoms with Gasteiger partial charge in [0.15, 0.2) is 0 Å². The fourth-order valence-corrected chi connectivity index (χ4v) is 2.70. The van der Waals surface area contributed by atoms with E-state index >= 15 is 0 Å². The van der Waals surface area contributed by atoms with Gasteiger partial charge in [0.1, 0.15) is 5.54 Å². The largest absolute Gasteiger partial charge is 0.480 e. The molecule has 0 spiro atoms. The molecule has 0 aromatic carbocycles. The molecule has 6 nitrogen and oxygen atoms in total. The maximum Gasteiger partial charge on any atom is 0.329 e. The minimum Gasteiger partial charge on any atom is -0.480 e. The molecule has 20 heavy (non-hydrogen) atoms. The van der Waals surface area contributed by atoms with E-state index in [1.165, 1.54) is 0 Å². The van der Waals surface area contributed by atoms with Crippen molar-refractivity contribution >= 4 is 12.0 Å². The smallest absolute Gasteiger partial charge is 0.329 e. The highest BCUT2D eigenvalue weighted by Crippen LogP contribution is 2.15. The summed E-state index contributed by atoms with van der Waals surface area (Å²) in [6, 6.07) is -0.187. The standard InChI is InChI=1S/C14H27N3O3/c1-5-7-14(3,12(18)19)15-13(20)17-9-6-8-16(4)10-11(17)2/h11H,5-10H2,1-4H3,(H,15,20)(H,18,19). The molecule has 0 saturated carbocycles. The number of hydrogen-bond acceptors (Lipinski definition) is 3. The number of nitrogens with one attached hydrogen (secondary N) is 1.